The number of aromatic hydroxyl groups is 1. The molecule has 0 unspecified atom stereocenters. The SMILES string of the molecule is OCC/C(=C(\c1ccc(OCCn2ccnc2)cc1)c1cccc(O)c1)c1ccccc1. The Morgan fingerprint density at radius 3 is 2.34 bits per heavy atom. The lowest BCUT2D eigenvalue weighted by Gasteiger charge is -2.17. The van der Waals surface area contributed by atoms with Crippen molar-refractivity contribution in [3.63, 3.8) is 0 Å². The van der Waals surface area contributed by atoms with E-state index >= 15 is 0 Å². The Labute approximate surface area is 187 Å². The molecule has 5 heteroatoms. The molecule has 2 N–H and O–H groups in total. The van der Waals surface area contributed by atoms with E-state index in [1.165, 1.54) is 0 Å². The number of aromatic nitrogens is 2. The van der Waals surface area contributed by atoms with E-state index in [4.69, 9.17) is 4.74 Å². The van der Waals surface area contributed by atoms with Gasteiger partial charge in [-0.15, -0.1) is 0 Å². The van der Waals surface area contributed by atoms with Crippen molar-refractivity contribution in [2.24, 2.45) is 0 Å². The van der Waals surface area contributed by atoms with E-state index in [2.05, 4.69) is 4.98 Å². The number of ether oxygens (including phenoxy) is 1. The molecule has 5 nitrogen and oxygen atoms in total. The van der Waals surface area contributed by atoms with E-state index in [0.717, 1.165) is 40.1 Å². The summed E-state index contributed by atoms with van der Waals surface area (Å²) in [6.45, 7) is 1.30. The van der Waals surface area contributed by atoms with Crippen molar-refractivity contribution >= 4 is 11.1 Å². The smallest absolute Gasteiger partial charge is 0.119 e. The molecule has 0 aliphatic rings. The molecule has 32 heavy (non-hydrogen) atoms. The van der Waals surface area contributed by atoms with Gasteiger partial charge >= 0.3 is 0 Å². The monoisotopic (exact) mass is 426 g/mol. The molecule has 0 radical (unpaired) electrons. The summed E-state index contributed by atoms with van der Waals surface area (Å²) < 4.78 is 7.86. The molecule has 0 amide bonds. The van der Waals surface area contributed by atoms with Crippen LogP contribution in [-0.4, -0.2) is 33.0 Å². The summed E-state index contributed by atoms with van der Waals surface area (Å²) in [5.74, 6) is 0.989. The van der Waals surface area contributed by atoms with Gasteiger partial charge in [0.05, 0.1) is 12.9 Å². The van der Waals surface area contributed by atoms with Crippen LogP contribution in [0.5, 0.6) is 11.5 Å². The second kappa shape index (κ2) is 10.5. The number of aliphatic hydroxyl groups excluding tert-OH is 1. The van der Waals surface area contributed by atoms with Gasteiger partial charge < -0.3 is 19.5 Å². The van der Waals surface area contributed by atoms with Gasteiger partial charge in [-0.25, -0.2) is 4.98 Å². The number of benzene rings is 3. The van der Waals surface area contributed by atoms with E-state index in [9.17, 15) is 10.2 Å². The van der Waals surface area contributed by atoms with Crippen LogP contribution in [0.2, 0.25) is 0 Å². The number of hydrogen-bond donors (Lipinski definition) is 2. The molecule has 0 saturated heterocycles. The molecular formula is C27H26N2O3. The van der Waals surface area contributed by atoms with Gasteiger partial charge in [0.15, 0.2) is 0 Å². The first-order valence-corrected chi connectivity index (χ1v) is 10.6. The Kier molecular flexibility index (Phi) is 7.00. The van der Waals surface area contributed by atoms with Crippen molar-refractivity contribution in [3.8, 4) is 11.5 Å². The highest BCUT2D eigenvalue weighted by atomic mass is 16.5. The normalized spacial score (nSPS) is 11.8. The van der Waals surface area contributed by atoms with Gasteiger partial charge in [0.2, 0.25) is 0 Å². The highest BCUT2D eigenvalue weighted by Crippen LogP contribution is 2.36. The van der Waals surface area contributed by atoms with Gasteiger partial charge in [0, 0.05) is 19.0 Å². The first kappa shape index (κ1) is 21.4. The number of phenolic OH excluding ortho intramolecular Hbond substituents is 1. The fraction of sp³-hybridized carbons (Fsp3) is 0.148. The molecule has 3 aromatic carbocycles. The molecule has 0 spiro atoms. The minimum Gasteiger partial charge on any atom is -0.508 e. The molecular weight excluding hydrogens is 400 g/mol. The Hall–Kier alpha value is -3.83. The van der Waals surface area contributed by atoms with Gasteiger partial charge in [-0.2, -0.15) is 0 Å². The number of phenols is 1. The van der Waals surface area contributed by atoms with E-state index < -0.39 is 0 Å². The number of nitrogens with zero attached hydrogens (tertiary/aromatic N) is 2. The van der Waals surface area contributed by atoms with Crippen LogP contribution in [0.3, 0.4) is 0 Å². The summed E-state index contributed by atoms with van der Waals surface area (Å²) in [4.78, 5) is 4.04. The summed E-state index contributed by atoms with van der Waals surface area (Å²) >= 11 is 0. The fourth-order valence-corrected chi connectivity index (χ4v) is 3.75. The molecule has 0 aliphatic heterocycles. The van der Waals surface area contributed by atoms with E-state index in [-0.39, 0.29) is 12.4 Å². The second-order valence-corrected chi connectivity index (χ2v) is 7.42. The first-order chi connectivity index (χ1) is 15.7. The lowest BCUT2D eigenvalue weighted by Crippen LogP contribution is -2.06. The van der Waals surface area contributed by atoms with E-state index in [1.54, 1.807) is 24.7 Å². The van der Waals surface area contributed by atoms with Crippen molar-refractivity contribution in [1.29, 1.82) is 0 Å². The van der Waals surface area contributed by atoms with Crippen LogP contribution in [0.25, 0.3) is 11.1 Å². The van der Waals surface area contributed by atoms with Gasteiger partial charge in [-0.3, -0.25) is 0 Å². The molecule has 0 bridgehead atoms. The average Bonchev–Trinajstić information content (AvgIpc) is 3.34. The zero-order chi connectivity index (χ0) is 22.2. The van der Waals surface area contributed by atoms with Crippen molar-refractivity contribution in [1.82, 2.24) is 9.55 Å². The quantitative estimate of drug-likeness (QED) is 0.369. The number of hydrogen-bond acceptors (Lipinski definition) is 4. The lowest BCUT2D eigenvalue weighted by atomic mass is 9.88. The highest BCUT2D eigenvalue weighted by molar-refractivity contribution is 5.98. The third-order valence-corrected chi connectivity index (χ3v) is 5.24. The van der Waals surface area contributed by atoms with Crippen LogP contribution in [0.15, 0.2) is 97.6 Å². The minimum atomic E-state index is 0.0297. The van der Waals surface area contributed by atoms with Crippen molar-refractivity contribution < 1.29 is 14.9 Å². The average molecular weight is 427 g/mol. The molecule has 4 rings (SSSR count). The Balaban J connectivity index is 1.68. The topological polar surface area (TPSA) is 67.5 Å². The predicted octanol–water partition coefficient (Wildman–Crippen LogP) is 5.01. The third kappa shape index (κ3) is 5.25. The summed E-state index contributed by atoms with van der Waals surface area (Å²) in [5.41, 5.74) is 4.93. The van der Waals surface area contributed by atoms with Crippen molar-refractivity contribution in [3.05, 3.63) is 114 Å². The number of aliphatic hydroxyl groups is 1. The van der Waals surface area contributed by atoms with E-state index in [0.29, 0.717) is 13.0 Å². The van der Waals surface area contributed by atoms with Gasteiger partial charge in [0.25, 0.3) is 0 Å². The summed E-state index contributed by atoms with van der Waals surface area (Å²) in [6.07, 6.45) is 5.93. The largest absolute Gasteiger partial charge is 0.508 e. The summed E-state index contributed by atoms with van der Waals surface area (Å²) in [5, 5.41) is 19.9. The zero-order valence-electron chi connectivity index (χ0n) is 17.8. The predicted molar refractivity (Wildman–Crippen MR) is 126 cm³/mol. The van der Waals surface area contributed by atoms with Crippen LogP contribution < -0.4 is 4.74 Å². The van der Waals surface area contributed by atoms with Crippen LogP contribution >= 0.6 is 0 Å². The molecule has 0 fully saturated rings. The summed E-state index contributed by atoms with van der Waals surface area (Å²) in [6, 6.07) is 25.2. The maximum Gasteiger partial charge on any atom is 0.119 e. The maximum absolute atomic E-state index is 10.1. The standard InChI is InChI=1S/C27H26N2O3/c30-17-13-26(21-5-2-1-3-6-21)27(23-7-4-8-24(31)19-23)22-9-11-25(12-10-22)32-18-16-29-15-14-28-20-29/h1-12,14-15,19-20,30-31H,13,16-18H2/b27-26-. The molecule has 4 aromatic rings. The first-order valence-electron chi connectivity index (χ1n) is 10.6. The van der Waals surface area contributed by atoms with Crippen molar-refractivity contribution in [2.75, 3.05) is 13.2 Å². The third-order valence-electron chi connectivity index (χ3n) is 5.24. The Morgan fingerprint density at radius 1 is 0.875 bits per heavy atom. The molecule has 1 aromatic heterocycles. The van der Waals surface area contributed by atoms with Crippen molar-refractivity contribution in [2.45, 2.75) is 13.0 Å². The van der Waals surface area contributed by atoms with Crippen LogP contribution in [-0.2, 0) is 6.54 Å². The molecule has 1 heterocycles. The van der Waals surface area contributed by atoms with Crippen LogP contribution in [0.1, 0.15) is 23.1 Å². The Bertz CT molecular complexity index is 1150. The molecule has 0 aliphatic carbocycles. The van der Waals surface area contributed by atoms with Crippen LogP contribution in [0.4, 0.5) is 0 Å². The fourth-order valence-electron chi connectivity index (χ4n) is 3.75. The van der Waals surface area contributed by atoms with Gasteiger partial charge in [-0.1, -0.05) is 54.6 Å². The Morgan fingerprint density at radius 2 is 1.66 bits per heavy atom. The highest BCUT2D eigenvalue weighted by Gasteiger charge is 2.14. The van der Waals surface area contributed by atoms with Gasteiger partial charge in [0.1, 0.15) is 18.1 Å². The molecule has 0 atom stereocenters. The molecule has 162 valence electrons. The maximum atomic E-state index is 10.1. The summed E-state index contributed by atoms with van der Waals surface area (Å²) in [7, 11) is 0. The number of rotatable bonds is 9. The lowest BCUT2D eigenvalue weighted by molar-refractivity contribution is 0.298. The van der Waals surface area contributed by atoms with Gasteiger partial charge in [-0.05, 0) is 58.5 Å². The van der Waals surface area contributed by atoms with E-state index in [1.807, 2.05) is 77.5 Å². The number of imidazole rings is 1. The second-order valence-electron chi connectivity index (χ2n) is 7.42. The molecule has 0 saturated carbocycles. The zero-order valence-corrected chi connectivity index (χ0v) is 17.8. The minimum absolute atomic E-state index is 0.0297. The van der Waals surface area contributed by atoms with Crippen LogP contribution in [0, 0.1) is 0 Å².